The van der Waals surface area contributed by atoms with Crippen LogP contribution >= 0.6 is 0 Å². The third-order valence-electron chi connectivity index (χ3n) is 7.87. The molecule has 0 unspecified atom stereocenters. The van der Waals surface area contributed by atoms with Gasteiger partial charge in [0.2, 0.25) is 0 Å². The summed E-state index contributed by atoms with van der Waals surface area (Å²) in [5.74, 6) is 2.47. The predicted molar refractivity (Wildman–Crippen MR) is 181 cm³/mol. The van der Waals surface area contributed by atoms with E-state index in [-0.39, 0.29) is 0 Å². The molecule has 7 aromatic rings. The number of rotatable bonds is 5. The van der Waals surface area contributed by atoms with Crippen LogP contribution in [0.3, 0.4) is 0 Å². The van der Waals surface area contributed by atoms with Crippen molar-refractivity contribution in [1.82, 2.24) is 19.4 Å². The van der Waals surface area contributed by atoms with Crippen LogP contribution in [0.25, 0.3) is 55.1 Å². The SMILES string of the molecule is CC(=N)NC(C)=Nc1cc(CC(C)C)cc(-n2c3ccccc3c3cc4c5ccccc5n(-c5ccccn5)c4cc32)c1. The van der Waals surface area contributed by atoms with Crippen LogP contribution < -0.4 is 5.32 Å². The van der Waals surface area contributed by atoms with Crippen LogP contribution in [0.1, 0.15) is 33.3 Å². The van der Waals surface area contributed by atoms with Crippen LogP contribution in [0.2, 0.25) is 0 Å². The highest BCUT2D eigenvalue weighted by Crippen LogP contribution is 2.40. The smallest absolute Gasteiger partial charge is 0.137 e. The summed E-state index contributed by atoms with van der Waals surface area (Å²) in [6, 6.07) is 34.6. The minimum Gasteiger partial charge on any atom is -0.333 e. The van der Waals surface area contributed by atoms with E-state index in [1.807, 2.05) is 25.3 Å². The van der Waals surface area contributed by atoms with Gasteiger partial charge in [0, 0.05) is 33.4 Å². The first-order chi connectivity index (χ1) is 20.9. The molecule has 0 bridgehead atoms. The molecule has 0 aliphatic carbocycles. The lowest BCUT2D eigenvalue weighted by molar-refractivity contribution is 0.647. The second kappa shape index (κ2) is 10.6. The highest BCUT2D eigenvalue weighted by atomic mass is 15.1. The Morgan fingerprint density at radius 2 is 1.40 bits per heavy atom. The van der Waals surface area contributed by atoms with E-state index in [9.17, 15) is 0 Å². The van der Waals surface area contributed by atoms with E-state index in [2.05, 4.69) is 113 Å². The molecule has 0 amide bonds. The minimum atomic E-state index is 0.370. The molecule has 0 saturated heterocycles. The quantitative estimate of drug-likeness (QED) is 0.162. The molecule has 0 atom stereocenters. The third-order valence-corrected chi connectivity index (χ3v) is 7.87. The van der Waals surface area contributed by atoms with Crippen LogP contribution in [-0.4, -0.2) is 25.8 Å². The number of hydrogen-bond acceptors (Lipinski definition) is 3. The van der Waals surface area contributed by atoms with Gasteiger partial charge in [0.1, 0.15) is 11.7 Å². The van der Waals surface area contributed by atoms with Crippen molar-refractivity contribution in [3.05, 3.63) is 109 Å². The van der Waals surface area contributed by atoms with Crippen LogP contribution in [0.4, 0.5) is 5.69 Å². The number of hydrogen-bond donors (Lipinski definition) is 2. The summed E-state index contributed by atoms with van der Waals surface area (Å²) in [5, 5.41) is 15.7. The molecule has 0 fully saturated rings. The van der Waals surface area contributed by atoms with Gasteiger partial charge in [-0.15, -0.1) is 0 Å². The Hall–Kier alpha value is -5.23. The Balaban J connectivity index is 1.57. The Kier molecular flexibility index (Phi) is 6.54. The molecule has 7 rings (SSSR count). The molecule has 6 nitrogen and oxygen atoms in total. The maximum Gasteiger partial charge on any atom is 0.137 e. The van der Waals surface area contributed by atoms with Crippen molar-refractivity contribution in [3.63, 3.8) is 0 Å². The average molecular weight is 563 g/mol. The molecule has 0 aliphatic heterocycles. The Bertz CT molecular complexity index is 2200. The van der Waals surface area contributed by atoms with Gasteiger partial charge in [0.05, 0.1) is 33.6 Å². The fourth-order valence-electron chi connectivity index (χ4n) is 6.37. The Labute approximate surface area is 250 Å². The lowest BCUT2D eigenvalue weighted by Crippen LogP contribution is -2.24. The zero-order valence-electron chi connectivity index (χ0n) is 24.9. The zero-order chi connectivity index (χ0) is 29.7. The molecule has 3 heterocycles. The van der Waals surface area contributed by atoms with E-state index < -0.39 is 0 Å². The Morgan fingerprint density at radius 3 is 2.05 bits per heavy atom. The summed E-state index contributed by atoms with van der Waals surface area (Å²) in [5.41, 5.74) is 7.72. The second-order valence-electron chi connectivity index (χ2n) is 11.7. The lowest BCUT2D eigenvalue weighted by atomic mass is 10.0. The highest BCUT2D eigenvalue weighted by Gasteiger charge is 2.19. The number of nitrogens with zero attached hydrogens (tertiary/aromatic N) is 4. The molecule has 0 aliphatic rings. The van der Waals surface area contributed by atoms with E-state index in [1.165, 1.54) is 27.1 Å². The van der Waals surface area contributed by atoms with Crippen molar-refractivity contribution >= 4 is 61.0 Å². The molecule has 3 aromatic heterocycles. The number of para-hydroxylation sites is 2. The largest absolute Gasteiger partial charge is 0.333 e. The van der Waals surface area contributed by atoms with E-state index in [0.29, 0.717) is 17.6 Å². The van der Waals surface area contributed by atoms with Gasteiger partial charge in [-0.2, -0.15) is 0 Å². The highest BCUT2D eigenvalue weighted by molar-refractivity contribution is 6.19. The fourth-order valence-corrected chi connectivity index (χ4v) is 6.37. The first-order valence-electron chi connectivity index (χ1n) is 14.8. The molecule has 2 N–H and O–H groups in total. The first kappa shape index (κ1) is 26.7. The summed E-state index contributed by atoms with van der Waals surface area (Å²) in [6.45, 7) is 8.12. The maximum absolute atomic E-state index is 7.84. The van der Waals surface area contributed by atoms with Crippen LogP contribution in [0.15, 0.2) is 108 Å². The number of benzene rings is 4. The average Bonchev–Trinajstić information content (AvgIpc) is 3.47. The van der Waals surface area contributed by atoms with Crippen molar-refractivity contribution < 1.29 is 0 Å². The van der Waals surface area contributed by atoms with Crippen LogP contribution in [0, 0.1) is 11.3 Å². The molecule has 43 heavy (non-hydrogen) atoms. The van der Waals surface area contributed by atoms with E-state index in [4.69, 9.17) is 15.4 Å². The topological polar surface area (TPSA) is 71.0 Å². The van der Waals surface area contributed by atoms with Gasteiger partial charge in [-0.3, -0.25) is 9.98 Å². The molecule has 0 saturated carbocycles. The number of pyridine rings is 1. The zero-order valence-corrected chi connectivity index (χ0v) is 24.9. The number of aromatic nitrogens is 3. The van der Waals surface area contributed by atoms with Gasteiger partial charge in [-0.05, 0) is 86.3 Å². The van der Waals surface area contributed by atoms with Gasteiger partial charge < -0.3 is 9.88 Å². The molecular formula is C37H34N6. The first-order valence-corrected chi connectivity index (χ1v) is 14.8. The van der Waals surface area contributed by atoms with Crippen molar-refractivity contribution in [1.29, 1.82) is 5.41 Å². The summed E-state index contributed by atoms with van der Waals surface area (Å²) in [7, 11) is 0. The molecule has 4 aromatic carbocycles. The monoisotopic (exact) mass is 562 g/mol. The molecule has 212 valence electrons. The molecule has 6 heteroatoms. The van der Waals surface area contributed by atoms with Crippen LogP contribution in [-0.2, 0) is 6.42 Å². The molecule has 0 radical (unpaired) electrons. The normalized spacial score (nSPS) is 12.3. The van der Waals surface area contributed by atoms with Gasteiger partial charge in [-0.1, -0.05) is 56.3 Å². The number of fused-ring (bicyclic) bond motifs is 6. The van der Waals surface area contributed by atoms with Crippen molar-refractivity contribution in [3.8, 4) is 11.5 Å². The van der Waals surface area contributed by atoms with Gasteiger partial charge in [-0.25, -0.2) is 9.98 Å². The Morgan fingerprint density at radius 1 is 0.744 bits per heavy atom. The van der Waals surface area contributed by atoms with E-state index >= 15 is 0 Å². The standard InChI is InChI=1S/C37H34N6/c1-23(2)17-26-18-27(41-25(4)40-24(3)38)20-28(19-26)42-33-13-7-5-11-29(33)31-21-32-30-12-6-8-14-34(30)43(36(32)22-35(31)42)37-15-9-10-16-39-37/h5-16,18-23H,17H2,1-4H3,(H2,38,40,41). The molecular weight excluding hydrogens is 528 g/mol. The number of nitrogens with one attached hydrogen (secondary N) is 2. The van der Waals surface area contributed by atoms with Gasteiger partial charge in [0.15, 0.2) is 0 Å². The summed E-state index contributed by atoms with van der Waals surface area (Å²) in [4.78, 5) is 9.61. The summed E-state index contributed by atoms with van der Waals surface area (Å²) >= 11 is 0. The fraction of sp³-hybridized carbons (Fsp3) is 0.162. The van der Waals surface area contributed by atoms with Crippen molar-refractivity contribution in [2.75, 3.05) is 0 Å². The van der Waals surface area contributed by atoms with Crippen molar-refractivity contribution in [2.24, 2.45) is 10.9 Å². The summed E-state index contributed by atoms with van der Waals surface area (Å²) in [6.07, 6.45) is 2.80. The van der Waals surface area contributed by atoms with Gasteiger partial charge >= 0.3 is 0 Å². The lowest BCUT2D eigenvalue weighted by Gasteiger charge is -2.14. The number of amidine groups is 2. The van der Waals surface area contributed by atoms with E-state index in [0.717, 1.165) is 45.7 Å². The minimum absolute atomic E-state index is 0.370. The van der Waals surface area contributed by atoms with Gasteiger partial charge in [0.25, 0.3) is 0 Å². The van der Waals surface area contributed by atoms with Crippen molar-refractivity contribution in [2.45, 2.75) is 34.1 Å². The summed E-state index contributed by atoms with van der Waals surface area (Å²) < 4.78 is 4.64. The molecule has 0 spiro atoms. The van der Waals surface area contributed by atoms with E-state index in [1.54, 1.807) is 6.92 Å². The second-order valence-corrected chi connectivity index (χ2v) is 11.7. The number of aliphatic imine (C=N–C) groups is 1. The van der Waals surface area contributed by atoms with Crippen LogP contribution in [0.5, 0.6) is 0 Å². The predicted octanol–water partition coefficient (Wildman–Crippen LogP) is 9.11. The third kappa shape index (κ3) is 4.75. The maximum atomic E-state index is 7.84.